The normalized spacial score (nSPS) is 40.3. The Balaban J connectivity index is 2.49. The summed E-state index contributed by atoms with van der Waals surface area (Å²) in [5, 5.41) is 38.0. The molecule has 0 saturated carbocycles. The summed E-state index contributed by atoms with van der Waals surface area (Å²) < 4.78 is 10.1. The van der Waals surface area contributed by atoms with Gasteiger partial charge < -0.3 is 29.9 Å². The minimum absolute atomic E-state index is 0.236. The van der Waals surface area contributed by atoms with Crippen molar-refractivity contribution in [2.45, 2.75) is 37.9 Å². The average Bonchev–Trinajstić information content (AvgIpc) is 2.21. The van der Waals surface area contributed by atoms with Crippen molar-refractivity contribution in [2.24, 2.45) is 5.92 Å². The Kier molecular flexibility index (Phi) is 4.66. The third kappa shape index (κ3) is 3.13. The minimum Gasteiger partial charge on any atom is -0.388 e. The van der Waals surface area contributed by atoms with E-state index in [1.165, 1.54) is 0 Å². The lowest BCUT2D eigenvalue weighted by Crippen LogP contribution is -2.62. The van der Waals surface area contributed by atoms with Crippen LogP contribution in [0.2, 0.25) is 0 Å². The van der Waals surface area contributed by atoms with Crippen molar-refractivity contribution < 1.29 is 29.9 Å². The van der Waals surface area contributed by atoms with Gasteiger partial charge in [-0.3, -0.25) is 0 Å². The zero-order valence-corrected chi connectivity index (χ0v) is 9.54. The first-order valence-corrected chi connectivity index (χ1v) is 5.35. The van der Waals surface area contributed by atoms with Gasteiger partial charge in [0.05, 0.1) is 6.61 Å². The molecule has 0 aromatic heterocycles. The van der Waals surface area contributed by atoms with Crippen LogP contribution < -0.4 is 0 Å². The number of aliphatic hydroxyl groups excluding tert-OH is 3. The molecule has 0 radical (unpaired) electrons. The van der Waals surface area contributed by atoms with Gasteiger partial charge in [0.15, 0.2) is 0 Å². The summed E-state index contributed by atoms with van der Waals surface area (Å²) >= 11 is 0. The van der Waals surface area contributed by atoms with Crippen LogP contribution in [-0.2, 0) is 9.47 Å². The van der Waals surface area contributed by atoms with Crippen molar-refractivity contribution in [3.05, 3.63) is 0 Å². The zero-order chi connectivity index (χ0) is 12.3. The Labute approximate surface area is 94.4 Å². The first-order valence-electron chi connectivity index (χ1n) is 5.35. The smallest absolute Gasteiger partial charge is 0.219 e. The standard InChI is InChI=1S/C10H20O6/c1-6(2)3-15-5-10(14)9(13)8(12)7(11)4-16-10/h6-9,11-14H,3-5H2,1-2H3/t7-,8+,9-,10+/m0/s1. The van der Waals surface area contributed by atoms with E-state index < -0.39 is 24.1 Å². The van der Waals surface area contributed by atoms with E-state index in [0.29, 0.717) is 12.5 Å². The summed E-state index contributed by atoms with van der Waals surface area (Å²) in [6.45, 7) is 3.83. The molecular weight excluding hydrogens is 216 g/mol. The number of hydrogen-bond acceptors (Lipinski definition) is 6. The van der Waals surface area contributed by atoms with Gasteiger partial charge in [-0.2, -0.15) is 0 Å². The second-order valence-electron chi connectivity index (χ2n) is 4.57. The molecule has 4 atom stereocenters. The van der Waals surface area contributed by atoms with Crippen LogP contribution >= 0.6 is 0 Å². The van der Waals surface area contributed by atoms with Gasteiger partial charge in [-0.25, -0.2) is 0 Å². The van der Waals surface area contributed by atoms with Crippen molar-refractivity contribution in [1.29, 1.82) is 0 Å². The average molecular weight is 236 g/mol. The number of hydrogen-bond donors (Lipinski definition) is 4. The minimum atomic E-state index is -1.95. The maximum atomic E-state index is 9.87. The molecule has 16 heavy (non-hydrogen) atoms. The van der Waals surface area contributed by atoms with Gasteiger partial charge in [0.1, 0.15) is 24.9 Å². The van der Waals surface area contributed by atoms with E-state index in [2.05, 4.69) is 0 Å². The molecule has 1 saturated heterocycles. The van der Waals surface area contributed by atoms with Gasteiger partial charge in [-0.05, 0) is 5.92 Å². The van der Waals surface area contributed by atoms with E-state index in [1.807, 2.05) is 13.8 Å². The van der Waals surface area contributed by atoms with Gasteiger partial charge in [0.25, 0.3) is 0 Å². The highest BCUT2D eigenvalue weighted by atomic mass is 16.7. The summed E-state index contributed by atoms with van der Waals surface area (Å²) in [4.78, 5) is 0. The van der Waals surface area contributed by atoms with Crippen LogP contribution in [0.15, 0.2) is 0 Å². The van der Waals surface area contributed by atoms with E-state index in [1.54, 1.807) is 0 Å². The molecule has 1 heterocycles. The van der Waals surface area contributed by atoms with Crippen molar-refractivity contribution in [1.82, 2.24) is 0 Å². The molecular formula is C10H20O6. The summed E-state index contributed by atoms with van der Waals surface area (Å²) in [5.41, 5.74) is 0. The second kappa shape index (κ2) is 5.39. The van der Waals surface area contributed by atoms with Crippen LogP contribution in [0, 0.1) is 5.92 Å². The topological polar surface area (TPSA) is 99.4 Å². The van der Waals surface area contributed by atoms with Gasteiger partial charge >= 0.3 is 0 Å². The molecule has 96 valence electrons. The van der Waals surface area contributed by atoms with E-state index in [-0.39, 0.29) is 13.2 Å². The third-order valence-corrected chi connectivity index (χ3v) is 2.44. The maximum Gasteiger partial charge on any atom is 0.219 e. The van der Waals surface area contributed by atoms with Crippen molar-refractivity contribution in [3.63, 3.8) is 0 Å². The molecule has 0 aromatic carbocycles. The summed E-state index contributed by atoms with van der Waals surface area (Å²) in [6.07, 6.45) is -4.20. The molecule has 0 bridgehead atoms. The van der Waals surface area contributed by atoms with E-state index >= 15 is 0 Å². The van der Waals surface area contributed by atoms with Crippen molar-refractivity contribution in [3.8, 4) is 0 Å². The van der Waals surface area contributed by atoms with Crippen molar-refractivity contribution >= 4 is 0 Å². The quantitative estimate of drug-likeness (QED) is 0.472. The summed E-state index contributed by atoms with van der Waals surface area (Å²) in [5.74, 6) is -1.66. The summed E-state index contributed by atoms with van der Waals surface area (Å²) in [7, 11) is 0. The van der Waals surface area contributed by atoms with E-state index in [0.717, 1.165) is 0 Å². The van der Waals surface area contributed by atoms with Crippen LogP contribution in [0.25, 0.3) is 0 Å². The molecule has 4 N–H and O–H groups in total. The summed E-state index contributed by atoms with van der Waals surface area (Å²) in [6, 6.07) is 0. The van der Waals surface area contributed by atoms with Crippen molar-refractivity contribution in [2.75, 3.05) is 19.8 Å². The predicted molar refractivity (Wildman–Crippen MR) is 54.6 cm³/mol. The van der Waals surface area contributed by atoms with E-state index in [9.17, 15) is 20.4 Å². The van der Waals surface area contributed by atoms with Gasteiger partial charge in [0.2, 0.25) is 5.79 Å². The first kappa shape index (κ1) is 13.8. The molecule has 6 heteroatoms. The number of ether oxygens (including phenoxy) is 2. The number of aliphatic hydroxyl groups is 4. The molecule has 0 aliphatic carbocycles. The van der Waals surface area contributed by atoms with Gasteiger partial charge in [0, 0.05) is 6.61 Å². The fraction of sp³-hybridized carbons (Fsp3) is 1.00. The van der Waals surface area contributed by atoms with Crippen LogP contribution in [0.1, 0.15) is 13.8 Å². The van der Waals surface area contributed by atoms with Crippen LogP contribution in [0.5, 0.6) is 0 Å². The third-order valence-electron chi connectivity index (χ3n) is 2.44. The Hall–Kier alpha value is -0.240. The monoisotopic (exact) mass is 236 g/mol. The Morgan fingerprint density at radius 1 is 1.38 bits per heavy atom. The molecule has 1 rings (SSSR count). The molecule has 1 aliphatic rings. The zero-order valence-electron chi connectivity index (χ0n) is 9.54. The lowest BCUT2D eigenvalue weighted by atomic mass is 9.97. The molecule has 0 aromatic rings. The molecule has 0 amide bonds. The van der Waals surface area contributed by atoms with Crippen LogP contribution in [0.4, 0.5) is 0 Å². The van der Waals surface area contributed by atoms with Crippen LogP contribution in [0.3, 0.4) is 0 Å². The largest absolute Gasteiger partial charge is 0.388 e. The Morgan fingerprint density at radius 3 is 2.56 bits per heavy atom. The SMILES string of the molecule is CC(C)COC[C@@]1(O)OC[C@H](O)[C@@H](O)[C@@H]1O. The molecule has 6 nitrogen and oxygen atoms in total. The highest BCUT2D eigenvalue weighted by molar-refractivity contribution is 4.91. The molecule has 0 spiro atoms. The molecule has 0 unspecified atom stereocenters. The lowest BCUT2D eigenvalue weighted by Gasteiger charge is -2.41. The van der Waals surface area contributed by atoms with Gasteiger partial charge in [-0.1, -0.05) is 13.8 Å². The first-order chi connectivity index (χ1) is 7.37. The van der Waals surface area contributed by atoms with Gasteiger partial charge in [-0.15, -0.1) is 0 Å². The Bertz CT molecular complexity index is 221. The Morgan fingerprint density at radius 2 is 2.00 bits per heavy atom. The maximum absolute atomic E-state index is 9.87. The fourth-order valence-electron chi connectivity index (χ4n) is 1.46. The van der Waals surface area contributed by atoms with E-state index in [4.69, 9.17) is 9.47 Å². The second-order valence-corrected chi connectivity index (χ2v) is 4.57. The highest BCUT2D eigenvalue weighted by Crippen LogP contribution is 2.24. The van der Waals surface area contributed by atoms with Crippen LogP contribution in [-0.4, -0.2) is 64.3 Å². The molecule has 1 aliphatic heterocycles. The fourth-order valence-corrected chi connectivity index (χ4v) is 1.46. The number of rotatable bonds is 4. The predicted octanol–water partition coefficient (Wildman–Crippen LogP) is -1.54. The molecule has 1 fully saturated rings. The lowest BCUT2D eigenvalue weighted by molar-refractivity contribution is -0.335. The highest BCUT2D eigenvalue weighted by Gasteiger charge is 2.48.